The van der Waals surface area contributed by atoms with Crippen molar-refractivity contribution in [3.8, 4) is 0 Å². The summed E-state index contributed by atoms with van der Waals surface area (Å²) in [5.74, 6) is 1.25. The first kappa shape index (κ1) is 34.5. The molecule has 8 heteroatoms. The summed E-state index contributed by atoms with van der Waals surface area (Å²) in [6, 6.07) is 0. The highest BCUT2D eigenvalue weighted by Crippen LogP contribution is 2.76. The van der Waals surface area contributed by atoms with Crippen molar-refractivity contribution < 1.29 is 39.1 Å². The molecule has 0 radical (unpaired) electrons. The predicted octanol–water partition coefficient (Wildman–Crippen LogP) is 5.74. The Morgan fingerprint density at radius 1 is 0.957 bits per heavy atom. The second-order valence-corrected chi connectivity index (χ2v) is 17.8. The van der Waals surface area contributed by atoms with Gasteiger partial charge in [0.05, 0.1) is 19.3 Å². The highest BCUT2D eigenvalue weighted by Gasteiger charge is 2.70. The Kier molecular flexibility index (Phi) is 8.74. The number of ketones is 1. The Balaban J connectivity index is 1.31. The lowest BCUT2D eigenvalue weighted by Crippen LogP contribution is -2.65. The van der Waals surface area contributed by atoms with Crippen LogP contribution in [0.4, 0.5) is 0 Å². The molecule has 5 aliphatic carbocycles. The number of ether oxygens (including phenoxy) is 3. The number of hydrogen-bond acceptors (Lipinski definition) is 8. The lowest BCUT2D eigenvalue weighted by molar-refractivity contribution is -0.268. The number of aliphatic hydroxyl groups excluding tert-OH is 3. The fraction of sp³-hybridized carbons (Fsp3) is 0.895. The lowest BCUT2D eigenvalue weighted by Gasteiger charge is -2.72. The van der Waals surface area contributed by atoms with Crippen LogP contribution in [0.3, 0.4) is 0 Å². The summed E-state index contributed by atoms with van der Waals surface area (Å²) >= 11 is 0. The maximum Gasteiger partial charge on any atom is 0.302 e. The minimum absolute atomic E-state index is 0.0432. The molecule has 5 fully saturated rings. The van der Waals surface area contributed by atoms with Crippen molar-refractivity contribution in [3.63, 3.8) is 0 Å². The van der Waals surface area contributed by atoms with Gasteiger partial charge in [-0.05, 0) is 102 Å². The maximum absolute atomic E-state index is 13.9. The Morgan fingerprint density at radius 2 is 1.67 bits per heavy atom. The molecule has 0 bridgehead atoms. The van der Waals surface area contributed by atoms with Crippen LogP contribution in [0.15, 0.2) is 11.1 Å². The number of rotatable bonds is 6. The van der Waals surface area contributed by atoms with Gasteiger partial charge >= 0.3 is 5.97 Å². The summed E-state index contributed by atoms with van der Waals surface area (Å²) in [6.45, 7) is 17.8. The maximum atomic E-state index is 13.9. The third kappa shape index (κ3) is 4.93. The van der Waals surface area contributed by atoms with Crippen LogP contribution in [-0.4, -0.2) is 71.0 Å². The number of esters is 1. The third-order valence-corrected chi connectivity index (χ3v) is 15.1. The minimum Gasteiger partial charge on any atom is -0.459 e. The highest BCUT2D eigenvalue weighted by atomic mass is 16.7. The summed E-state index contributed by atoms with van der Waals surface area (Å²) in [7, 11) is 0. The summed E-state index contributed by atoms with van der Waals surface area (Å²) < 4.78 is 17.9. The molecule has 0 aromatic carbocycles. The quantitative estimate of drug-likeness (QED) is 0.313. The molecule has 4 saturated carbocycles. The zero-order valence-corrected chi connectivity index (χ0v) is 29.6. The molecule has 12 atom stereocenters. The molecule has 1 aliphatic heterocycles. The van der Waals surface area contributed by atoms with E-state index in [4.69, 9.17) is 14.2 Å². The molecule has 260 valence electrons. The second kappa shape index (κ2) is 11.6. The van der Waals surface area contributed by atoms with E-state index in [9.17, 15) is 24.9 Å². The van der Waals surface area contributed by atoms with Crippen LogP contribution in [-0.2, 0) is 23.8 Å². The van der Waals surface area contributed by atoms with Crippen molar-refractivity contribution in [3.05, 3.63) is 11.1 Å². The van der Waals surface area contributed by atoms with Crippen LogP contribution in [0, 0.1) is 50.7 Å². The van der Waals surface area contributed by atoms with Crippen molar-refractivity contribution in [2.75, 3.05) is 13.2 Å². The van der Waals surface area contributed by atoms with E-state index in [1.165, 1.54) is 12.5 Å². The van der Waals surface area contributed by atoms with E-state index in [-0.39, 0.29) is 45.9 Å². The van der Waals surface area contributed by atoms with E-state index in [0.29, 0.717) is 30.8 Å². The van der Waals surface area contributed by atoms with E-state index < -0.39 is 42.6 Å². The van der Waals surface area contributed by atoms with E-state index in [2.05, 4.69) is 48.5 Å². The summed E-state index contributed by atoms with van der Waals surface area (Å²) in [4.78, 5) is 25.7. The second-order valence-electron chi connectivity index (χ2n) is 17.8. The van der Waals surface area contributed by atoms with Crippen LogP contribution in [0.1, 0.15) is 120 Å². The monoisotopic (exact) mass is 644 g/mol. The molecule has 7 unspecified atom stereocenters. The third-order valence-electron chi connectivity index (χ3n) is 15.1. The summed E-state index contributed by atoms with van der Waals surface area (Å²) in [6.07, 6.45) is 5.08. The molecule has 3 N–H and O–H groups in total. The molecule has 0 aromatic rings. The number of hydrogen-bond donors (Lipinski definition) is 3. The normalized spacial score (nSPS) is 48.4. The van der Waals surface area contributed by atoms with Gasteiger partial charge in [-0.15, -0.1) is 0 Å². The first-order chi connectivity index (χ1) is 21.4. The van der Waals surface area contributed by atoms with Gasteiger partial charge in [-0.1, -0.05) is 54.0 Å². The molecule has 0 amide bonds. The van der Waals surface area contributed by atoms with E-state index in [1.54, 1.807) is 0 Å². The Labute approximate surface area is 276 Å². The van der Waals surface area contributed by atoms with Gasteiger partial charge in [0, 0.05) is 25.2 Å². The summed E-state index contributed by atoms with van der Waals surface area (Å²) in [5.41, 5.74) is 2.20. The van der Waals surface area contributed by atoms with Gasteiger partial charge in [-0.25, -0.2) is 0 Å². The van der Waals surface area contributed by atoms with Crippen molar-refractivity contribution >= 4 is 11.8 Å². The average Bonchev–Trinajstić information content (AvgIpc) is 3.28. The van der Waals surface area contributed by atoms with E-state index in [0.717, 1.165) is 56.9 Å². The van der Waals surface area contributed by atoms with Crippen LogP contribution >= 0.6 is 0 Å². The molecule has 1 heterocycles. The average molecular weight is 645 g/mol. The molecule has 0 aromatic heterocycles. The number of allylic oxidation sites excluding steroid dienone is 1. The Hall–Kier alpha value is -1.32. The fourth-order valence-electron chi connectivity index (χ4n) is 12.6. The molecule has 6 rings (SSSR count). The van der Waals surface area contributed by atoms with Gasteiger partial charge in [-0.3, -0.25) is 9.59 Å². The topological polar surface area (TPSA) is 123 Å². The van der Waals surface area contributed by atoms with Crippen LogP contribution in [0.5, 0.6) is 0 Å². The number of carbonyl (C=O) groups is 2. The SMILES string of the molecule is CC(=O)OC1CC(OC[C@@]23CC[C@]4(C)C(CCC5[C@@]6(C)CC[C@H](O)C(C)(C)C6CC[C@]54C)C2=C(C(C)C)C(=O)C3)OC(CO)C1O. The van der Waals surface area contributed by atoms with Gasteiger partial charge in [-0.2, -0.15) is 0 Å². The van der Waals surface area contributed by atoms with Crippen molar-refractivity contribution in [1.29, 1.82) is 0 Å². The molecule has 8 nitrogen and oxygen atoms in total. The van der Waals surface area contributed by atoms with Gasteiger partial charge in [0.25, 0.3) is 0 Å². The van der Waals surface area contributed by atoms with Crippen molar-refractivity contribution in [2.24, 2.45) is 50.7 Å². The number of carbonyl (C=O) groups excluding carboxylic acids is 2. The van der Waals surface area contributed by atoms with E-state index >= 15 is 0 Å². The first-order valence-electron chi connectivity index (χ1n) is 18.1. The standard InChI is InChI=1S/C38H60O8/c1-21(2)31-24(41)18-38(20-44-30-17-25(45-22(3)40)33(43)26(19-39)46-30)16-15-36(7)23(32(31)38)9-10-28-35(6)13-12-29(42)34(4,5)27(35)11-14-37(28,36)8/h21,23,25-30,33,39,42-43H,9-20H2,1-8H3/t23?,25?,26?,27?,28?,29-,30?,33?,35-,36+,37+,38-/m0/s1. The van der Waals surface area contributed by atoms with Gasteiger partial charge in [0.1, 0.15) is 18.3 Å². The fourth-order valence-corrected chi connectivity index (χ4v) is 12.6. The van der Waals surface area contributed by atoms with Crippen LogP contribution < -0.4 is 0 Å². The highest BCUT2D eigenvalue weighted by molar-refractivity contribution is 6.00. The van der Waals surface area contributed by atoms with Crippen molar-refractivity contribution in [2.45, 2.75) is 150 Å². The number of aliphatic hydroxyl groups is 3. The molecule has 46 heavy (non-hydrogen) atoms. The van der Waals surface area contributed by atoms with Gasteiger partial charge in [0.15, 0.2) is 12.1 Å². The molecule has 0 spiro atoms. The van der Waals surface area contributed by atoms with Crippen LogP contribution in [0.2, 0.25) is 0 Å². The molecule has 6 aliphatic rings. The predicted molar refractivity (Wildman–Crippen MR) is 173 cm³/mol. The zero-order valence-electron chi connectivity index (χ0n) is 29.6. The van der Waals surface area contributed by atoms with Crippen molar-refractivity contribution in [1.82, 2.24) is 0 Å². The number of fused-ring (bicyclic) bond motifs is 7. The number of Topliss-reactive ketones (excluding diaryl/α,β-unsaturated/α-hetero) is 1. The molecular formula is C38H60O8. The Morgan fingerprint density at radius 3 is 2.33 bits per heavy atom. The minimum atomic E-state index is -1.13. The first-order valence-corrected chi connectivity index (χ1v) is 18.1. The van der Waals surface area contributed by atoms with Gasteiger partial charge in [0.2, 0.25) is 0 Å². The van der Waals surface area contributed by atoms with Gasteiger partial charge < -0.3 is 29.5 Å². The summed E-state index contributed by atoms with van der Waals surface area (Å²) in [5, 5.41) is 31.6. The Bertz CT molecular complexity index is 1260. The van der Waals surface area contributed by atoms with Crippen LogP contribution in [0.25, 0.3) is 0 Å². The lowest BCUT2D eigenvalue weighted by atomic mass is 9.33. The largest absolute Gasteiger partial charge is 0.459 e. The zero-order chi connectivity index (χ0) is 33.6. The molecule has 1 saturated heterocycles. The van der Waals surface area contributed by atoms with E-state index in [1.807, 2.05) is 0 Å². The molecular weight excluding hydrogens is 584 g/mol. The smallest absolute Gasteiger partial charge is 0.302 e.